The lowest BCUT2D eigenvalue weighted by Crippen LogP contribution is -2.01. The van der Waals surface area contributed by atoms with E-state index in [2.05, 4.69) is 38.4 Å². The maximum Gasteiger partial charge on any atom is 0.128 e. The Bertz CT molecular complexity index is 440. The van der Waals surface area contributed by atoms with Crippen LogP contribution in [0.5, 0.6) is 0 Å². The van der Waals surface area contributed by atoms with E-state index < -0.39 is 0 Å². The summed E-state index contributed by atoms with van der Waals surface area (Å²) in [5.41, 5.74) is 7.57. The number of anilines is 2. The van der Waals surface area contributed by atoms with Crippen LogP contribution in [0.4, 0.5) is 11.5 Å². The first-order valence-corrected chi connectivity index (χ1v) is 5.73. The van der Waals surface area contributed by atoms with Crippen molar-refractivity contribution in [2.24, 2.45) is 0 Å². The van der Waals surface area contributed by atoms with E-state index in [4.69, 9.17) is 5.73 Å². The maximum absolute atomic E-state index is 5.66. The highest BCUT2D eigenvalue weighted by molar-refractivity contribution is 9.10. The molecule has 0 aliphatic carbocycles. The SMILES string of the molecule is Nc1ccnc(NCc2cccc(Br)c2)c1. The average molecular weight is 278 g/mol. The molecular formula is C12H12BrN3. The monoisotopic (exact) mass is 277 g/mol. The van der Waals surface area contributed by atoms with Crippen molar-refractivity contribution < 1.29 is 0 Å². The first-order valence-electron chi connectivity index (χ1n) is 4.94. The van der Waals surface area contributed by atoms with Gasteiger partial charge in [0.2, 0.25) is 0 Å². The molecule has 0 saturated heterocycles. The molecule has 0 amide bonds. The number of hydrogen-bond donors (Lipinski definition) is 2. The number of benzene rings is 1. The van der Waals surface area contributed by atoms with Crippen molar-refractivity contribution in [1.29, 1.82) is 0 Å². The van der Waals surface area contributed by atoms with Crippen LogP contribution in [0.1, 0.15) is 5.56 Å². The van der Waals surface area contributed by atoms with E-state index in [1.165, 1.54) is 5.56 Å². The highest BCUT2D eigenvalue weighted by Gasteiger charge is 1.96. The van der Waals surface area contributed by atoms with Crippen LogP contribution in [0.25, 0.3) is 0 Å². The second-order valence-corrected chi connectivity index (χ2v) is 4.37. The van der Waals surface area contributed by atoms with Crippen LogP contribution >= 0.6 is 15.9 Å². The second-order valence-electron chi connectivity index (χ2n) is 3.46. The first-order chi connectivity index (χ1) is 7.74. The molecule has 0 aliphatic heterocycles. The fraction of sp³-hybridized carbons (Fsp3) is 0.0833. The first kappa shape index (κ1) is 11.0. The lowest BCUT2D eigenvalue weighted by Gasteiger charge is -2.06. The van der Waals surface area contributed by atoms with E-state index in [0.29, 0.717) is 5.69 Å². The van der Waals surface area contributed by atoms with Crippen LogP contribution in [0.2, 0.25) is 0 Å². The molecule has 2 rings (SSSR count). The van der Waals surface area contributed by atoms with Gasteiger partial charge in [0.15, 0.2) is 0 Å². The smallest absolute Gasteiger partial charge is 0.128 e. The summed E-state index contributed by atoms with van der Waals surface area (Å²) in [6, 6.07) is 11.7. The number of nitrogens with two attached hydrogens (primary N) is 1. The largest absolute Gasteiger partial charge is 0.399 e. The van der Waals surface area contributed by atoms with Crippen LogP contribution in [-0.2, 0) is 6.54 Å². The van der Waals surface area contributed by atoms with Gasteiger partial charge in [-0.1, -0.05) is 28.1 Å². The lowest BCUT2D eigenvalue weighted by molar-refractivity contribution is 1.11. The summed E-state index contributed by atoms with van der Waals surface area (Å²) in [5.74, 6) is 0.792. The van der Waals surface area contributed by atoms with Gasteiger partial charge in [0, 0.05) is 29.0 Å². The number of nitrogens with one attached hydrogen (secondary N) is 1. The molecular weight excluding hydrogens is 266 g/mol. The molecule has 0 saturated carbocycles. The van der Waals surface area contributed by atoms with E-state index in [1.807, 2.05) is 18.2 Å². The van der Waals surface area contributed by atoms with Crippen molar-refractivity contribution >= 4 is 27.4 Å². The number of nitrogens with zero attached hydrogens (tertiary/aromatic N) is 1. The molecule has 3 N–H and O–H groups in total. The van der Waals surface area contributed by atoms with E-state index in [-0.39, 0.29) is 0 Å². The normalized spacial score (nSPS) is 10.1. The third-order valence-corrected chi connectivity index (χ3v) is 2.64. The van der Waals surface area contributed by atoms with Crippen LogP contribution in [0, 0.1) is 0 Å². The Labute approximate surface area is 103 Å². The second kappa shape index (κ2) is 4.99. The van der Waals surface area contributed by atoms with Crippen molar-refractivity contribution in [3.63, 3.8) is 0 Å². The highest BCUT2D eigenvalue weighted by Crippen LogP contribution is 2.13. The molecule has 0 unspecified atom stereocenters. The Morgan fingerprint density at radius 1 is 1.25 bits per heavy atom. The molecule has 0 radical (unpaired) electrons. The molecule has 1 heterocycles. The van der Waals surface area contributed by atoms with Gasteiger partial charge in [-0.2, -0.15) is 0 Å². The van der Waals surface area contributed by atoms with Gasteiger partial charge < -0.3 is 11.1 Å². The summed E-state index contributed by atoms with van der Waals surface area (Å²) >= 11 is 3.44. The standard InChI is InChI=1S/C12H12BrN3/c13-10-3-1-2-9(6-10)8-16-12-7-11(14)4-5-15-12/h1-7H,8H2,(H3,14,15,16). The Morgan fingerprint density at radius 3 is 2.88 bits per heavy atom. The lowest BCUT2D eigenvalue weighted by atomic mass is 10.2. The number of hydrogen-bond acceptors (Lipinski definition) is 3. The third-order valence-electron chi connectivity index (χ3n) is 2.15. The number of pyridine rings is 1. The number of rotatable bonds is 3. The van der Waals surface area contributed by atoms with Crippen LogP contribution in [0.3, 0.4) is 0 Å². The summed E-state index contributed by atoms with van der Waals surface area (Å²) in [4.78, 5) is 4.17. The van der Waals surface area contributed by atoms with Crippen molar-refractivity contribution in [2.75, 3.05) is 11.1 Å². The van der Waals surface area contributed by atoms with Crippen LogP contribution < -0.4 is 11.1 Å². The summed E-state index contributed by atoms with van der Waals surface area (Å²) < 4.78 is 1.08. The molecule has 3 nitrogen and oxygen atoms in total. The minimum atomic E-state index is 0.715. The van der Waals surface area contributed by atoms with Crippen LogP contribution in [-0.4, -0.2) is 4.98 Å². The van der Waals surface area contributed by atoms with E-state index in [0.717, 1.165) is 16.8 Å². The minimum absolute atomic E-state index is 0.715. The van der Waals surface area contributed by atoms with Gasteiger partial charge in [0.1, 0.15) is 5.82 Å². The predicted octanol–water partition coefficient (Wildman–Crippen LogP) is 3.04. The molecule has 2 aromatic rings. The van der Waals surface area contributed by atoms with Gasteiger partial charge in [-0.25, -0.2) is 4.98 Å². The molecule has 0 aliphatic rings. The number of aromatic nitrogens is 1. The van der Waals surface area contributed by atoms with Crippen molar-refractivity contribution in [1.82, 2.24) is 4.98 Å². The summed E-state index contributed by atoms with van der Waals surface area (Å²) in [7, 11) is 0. The maximum atomic E-state index is 5.66. The van der Waals surface area contributed by atoms with Gasteiger partial charge in [0.05, 0.1) is 0 Å². The zero-order valence-corrected chi connectivity index (χ0v) is 10.2. The zero-order valence-electron chi connectivity index (χ0n) is 8.65. The third kappa shape index (κ3) is 2.97. The van der Waals surface area contributed by atoms with Gasteiger partial charge in [-0.3, -0.25) is 0 Å². The average Bonchev–Trinajstić information content (AvgIpc) is 2.27. The Balaban J connectivity index is 2.02. The minimum Gasteiger partial charge on any atom is -0.399 e. The summed E-state index contributed by atoms with van der Waals surface area (Å²) in [6.07, 6.45) is 1.69. The fourth-order valence-electron chi connectivity index (χ4n) is 1.38. The van der Waals surface area contributed by atoms with Crippen LogP contribution in [0.15, 0.2) is 47.1 Å². The molecule has 4 heteroatoms. The zero-order chi connectivity index (χ0) is 11.4. The van der Waals surface area contributed by atoms with E-state index in [1.54, 1.807) is 12.3 Å². The predicted molar refractivity (Wildman–Crippen MR) is 70.1 cm³/mol. The molecule has 1 aromatic carbocycles. The van der Waals surface area contributed by atoms with Gasteiger partial charge in [-0.15, -0.1) is 0 Å². The molecule has 0 bridgehead atoms. The van der Waals surface area contributed by atoms with Gasteiger partial charge in [-0.05, 0) is 23.8 Å². The molecule has 16 heavy (non-hydrogen) atoms. The van der Waals surface area contributed by atoms with Crippen molar-refractivity contribution in [2.45, 2.75) is 6.54 Å². The molecule has 82 valence electrons. The Hall–Kier alpha value is -1.55. The Morgan fingerprint density at radius 2 is 2.12 bits per heavy atom. The van der Waals surface area contributed by atoms with E-state index in [9.17, 15) is 0 Å². The number of halogens is 1. The summed E-state index contributed by atoms with van der Waals surface area (Å²) in [5, 5.41) is 3.22. The molecule has 0 fully saturated rings. The highest BCUT2D eigenvalue weighted by atomic mass is 79.9. The summed E-state index contributed by atoms with van der Waals surface area (Å²) in [6.45, 7) is 0.732. The van der Waals surface area contributed by atoms with Crippen molar-refractivity contribution in [3.05, 3.63) is 52.6 Å². The molecule has 0 spiro atoms. The van der Waals surface area contributed by atoms with E-state index >= 15 is 0 Å². The quantitative estimate of drug-likeness (QED) is 0.907. The van der Waals surface area contributed by atoms with Crippen molar-refractivity contribution in [3.8, 4) is 0 Å². The molecule has 1 aromatic heterocycles. The molecule has 0 atom stereocenters. The number of nitrogen functional groups attached to an aromatic ring is 1. The van der Waals surface area contributed by atoms with Gasteiger partial charge >= 0.3 is 0 Å². The fourth-order valence-corrected chi connectivity index (χ4v) is 1.83. The topological polar surface area (TPSA) is 50.9 Å². The Kier molecular flexibility index (Phi) is 3.41. The van der Waals surface area contributed by atoms with Gasteiger partial charge in [0.25, 0.3) is 0 Å².